The molecule has 0 aromatic heterocycles. The highest BCUT2D eigenvalue weighted by atomic mass is 16.7. The first-order valence-electron chi connectivity index (χ1n) is 11.6. The smallest absolute Gasteiger partial charge is 0.410 e. The SMILES string of the molecule is C=CC[C@H]([C@H]1COC2(CCCCC2)O1)N(Cc1ccccc1)C(=O)OCc1ccccc1. The fraction of sp³-hybridized carbons (Fsp3) is 0.444. The highest BCUT2D eigenvalue weighted by Gasteiger charge is 2.46. The normalized spacial score (nSPS) is 20.6. The third-order valence-corrected chi connectivity index (χ3v) is 6.37. The second-order valence-corrected chi connectivity index (χ2v) is 8.68. The van der Waals surface area contributed by atoms with Crippen LogP contribution in [0, 0.1) is 0 Å². The second-order valence-electron chi connectivity index (χ2n) is 8.68. The molecule has 170 valence electrons. The first-order chi connectivity index (χ1) is 15.7. The van der Waals surface area contributed by atoms with Crippen molar-refractivity contribution in [3.05, 3.63) is 84.4 Å². The highest BCUT2D eigenvalue weighted by Crippen LogP contribution is 2.39. The van der Waals surface area contributed by atoms with Crippen LogP contribution in [0.4, 0.5) is 4.79 Å². The van der Waals surface area contributed by atoms with E-state index in [-0.39, 0.29) is 24.8 Å². The van der Waals surface area contributed by atoms with Crippen LogP contribution in [-0.2, 0) is 27.4 Å². The number of rotatable bonds is 8. The Morgan fingerprint density at radius 2 is 1.72 bits per heavy atom. The lowest BCUT2D eigenvalue weighted by Crippen LogP contribution is -2.48. The van der Waals surface area contributed by atoms with Crippen molar-refractivity contribution < 1.29 is 19.0 Å². The number of carbonyl (C=O) groups is 1. The summed E-state index contributed by atoms with van der Waals surface area (Å²) in [7, 11) is 0. The molecule has 0 bridgehead atoms. The molecule has 2 aromatic carbocycles. The summed E-state index contributed by atoms with van der Waals surface area (Å²) in [6.45, 7) is 5.10. The molecule has 1 aliphatic carbocycles. The average molecular weight is 436 g/mol. The Labute approximate surface area is 191 Å². The van der Waals surface area contributed by atoms with Gasteiger partial charge >= 0.3 is 6.09 Å². The molecule has 2 atom stereocenters. The fourth-order valence-corrected chi connectivity index (χ4v) is 4.67. The van der Waals surface area contributed by atoms with Gasteiger partial charge in [-0.1, -0.05) is 73.2 Å². The molecular weight excluding hydrogens is 402 g/mol. The van der Waals surface area contributed by atoms with Gasteiger partial charge in [0.2, 0.25) is 0 Å². The van der Waals surface area contributed by atoms with Crippen molar-refractivity contribution in [1.82, 2.24) is 4.90 Å². The maximum atomic E-state index is 13.3. The van der Waals surface area contributed by atoms with Crippen LogP contribution in [0.25, 0.3) is 0 Å². The molecule has 4 rings (SSSR count). The van der Waals surface area contributed by atoms with Gasteiger partial charge in [0, 0.05) is 19.4 Å². The van der Waals surface area contributed by atoms with Crippen LogP contribution in [0.2, 0.25) is 0 Å². The second kappa shape index (κ2) is 10.8. The number of carbonyl (C=O) groups excluding carboxylic acids is 1. The molecule has 1 spiro atoms. The van der Waals surface area contributed by atoms with Gasteiger partial charge in [-0.3, -0.25) is 4.90 Å². The summed E-state index contributed by atoms with van der Waals surface area (Å²) in [6, 6.07) is 19.5. The molecule has 2 aliphatic rings. The van der Waals surface area contributed by atoms with Crippen molar-refractivity contribution in [1.29, 1.82) is 0 Å². The van der Waals surface area contributed by atoms with Crippen molar-refractivity contribution in [2.45, 2.75) is 69.6 Å². The molecule has 1 saturated heterocycles. The predicted molar refractivity (Wildman–Crippen MR) is 124 cm³/mol. The largest absolute Gasteiger partial charge is 0.445 e. The Hall–Kier alpha value is -2.63. The third-order valence-electron chi connectivity index (χ3n) is 6.37. The Morgan fingerprint density at radius 3 is 2.38 bits per heavy atom. The first kappa shape index (κ1) is 22.6. The number of ether oxygens (including phenoxy) is 3. The summed E-state index contributed by atoms with van der Waals surface area (Å²) < 4.78 is 18.5. The van der Waals surface area contributed by atoms with E-state index in [0.29, 0.717) is 19.6 Å². The van der Waals surface area contributed by atoms with E-state index in [1.165, 1.54) is 6.42 Å². The topological polar surface area (TPSA) is 48.0 Å². The molecule has 32 heavy (non-hydrogen) atoms. The zero-order valence-electron chi connectivity index (χ0n) is 18.7. The van der Waals surface area contributed by atoms with Gasteiger partial charge in [-0.25, -0.2) is 4.79 Å². The van der Waals surface area contributed by atoms with Crippen LogP contribution in [0.15, 0.2) is 73.3 Å². The van der Waals surface area contributed by atoms with Crippen LogP contribution in [0.3, 0.4) is 0 Å². The molecule has 5 heteroatoms. The van der Waals surface area contributed by atoms with E-state index in [1.54, 1.807) is 4.90 Å². The summed E-state index contributed by atoms with van der Waals surface area (Å²) in [6.07, 6.45) is 7.19. The van der Waals surface area contributed by atoms with Gasteiger partial charge in [-0.15, -0.1) is 6.58 Å². The van der Waals surface area contributed by atoms with E-state index in [1.807, 2.05) is 66.7 Å². The Morgan fingerprint density at radius 1 is 1.06 bits per heavy atom. The van der Waals surface area contributed by atoms with E-state index < -0.39 is 5.79 Å². The molecule has 0 N–H and O–H groups in total. The summed E-state index contributed by atoms with van der Waals surface area (Å²) in [5.41, 5.74) is 2.01. The predicted octanol–water partition coefficient (Wildman–Crippen LogP) is 5.85. The third kappa shape index (κ3) is 5.59. The van der Waals surface area contributed by atoms with E-state index in [4.69, 9.17) is 14.2 Å². The van der Waals surface area contributed by atoms with Gasteiger partial charge < -0.3 is 14.2 Å². The van der Waals surface area contributed by atoms with Gasteiger partial charge in [-0.05, 0) is 30.4 Å². The number of hydrogen-bond acceptors (Lipinski definition) is 4. The summed E-state index contributed by atoms with van der Waals surface area (Å²) in [5.74, 6) is -0.491. The van der Waals surface area contributed by atoms with E-state index >= 15 is 0 Å². The number of benzene rings is 2. The van der Waals surface area contributed by atoms with Crippen molar-refractivity contribution in [2.75, 3.05) is 6.61 Å². The van der Waals surface area contributed by atoms with Crippen LogP contribution in [0.1, 0.15) is 49.7 Å². The Bertz CT molecular complexity index is 864. The van der Waals surface area contributed by atoms with Gasteiger partial charge in [0.1, 0.15) is 12.7 Å². The highest BCUT2D eigenvalue weighted by molar-refractivity contribution is 5.68. The van der Waals surface area contributed by atoms with Gasteiger partial charge in [0.25, 0.3) is 0 Å². The molecule has 5 nitrogen and oxygen atoms in total. The van der Waals surface area contributed by atoms with Crippen molar-refractivity contribution >= 4 is 6.09 Å². The molecule has 1 aliphatic heterocycles. The Balaban J connectivity index is 1.52. The monoisotopic (exact) mass is 435 g/mol. The van der Waals surface area contributed by atoms with Crippen molar-refractivity contribution in [2.24, 2.45) is 0 Å². The lowest BCUT2D eigenvalue weighted by Gasteiger charge is -2.36. The number of hydrogen-bond donors (Lipinski definition) is 0. The standard InChI is InChI=1S/C27H33NO4/c1-2-12-24(25-21-31-27(32-25)17-10-5-11-18-27)28(19-22-13-6-3-7-14-22)26(29)30-20-23-15-8-4-9-16-23/h2-4,6-9,13-16,24-25H,1,5,10-12,17-21H2/t24-,25-/m1/s1. The molecule has 1 heterocycles. The summed E-state index contributed by atoms with van der Waals surface area (Å²) in [4.78, 5) is 15.1. The van der Waals surface area contributed by atoms with Crippen LogP contribution in [0.5, 0.6) is 0 Å². The van der Waals surface area contributed by atoms with Crippen LogP contribution >= 0.6 is 0 Å². The van der Waals surface area contributed by atoms with Gasteiger partial charge in [-0.2, -0.15) is 0 Å². The van der Waals surface area contributed by atoms with Gasteiger partial charge in [0.15, 0.2) is 5.79 Å². The van der Waals surface area contributed by atoms with Crippen LogP contribution in [-0.4, -0.2) is 35.5 Å². The quantitative estimate of drug-likeness (QED) is 0.488. The lowest BCUT2D eigenvalue weighted by atomic mass is 9.94. The van der Waals surface area contributed by atoms with E-state index in [9.17, 15) is 4.79 Å². The molecule has 2 aromatic rings. The molecule has 0 unspecified atom stereocenters. The number of amides is 1. The average Bonchev–Trinajstić information content (AvgIpc) is 3.24. The minimum Gasteiger partial charge on any atom is -0.445 e. The Kier molecular flexibility index (Phi) is 7.61. The molecular formula is C27H33NO4. The van der Waals surface area contributed by atoms with E-state index in [0.717, 1.165) is 36.8 Å². The van der Waals surface area contributed by atoms with Crippen molar-refractivity contribution in [3.8, 4) is 0 Å². The van der Waals surface area contributed by atoms with E-state index in [2.05, 4.69) is 6.58 Å². The number of nitrogens with zero attached hydrogens (tertiary/aromatic N) is 1. The maximum Gasteiger partial charge on any atom is 0.410 e. The van der Waals surface area contributed by atoms with Crippen molar-refractivity contribution in [3.63, 3.8) is 0 Å². The molecule has 1 amide bonds. The maximum absolute atomic E-state index is 13.3. The first-order valence-corrected chi connectivity index (χ1v) is 11.6. The summed E-state index contributed by atoms with van der Waals surface area (Å²) >= 11 is 0. The summed E-state index contributed by atoms with van der Waals surface area (Å²) in [5, 5.41) is 0. The minimum atomic E-state index is -0.491. The van der Waals surface area contributed by atoms with Crippen LogP contribution < -0.4 is 0 Å². The molecule has 1 saturated carbocycles. The zero-order chi connectivity index (χ0) is 22.2. The molecule has 0 radical (unpaired) electrons. The fourth-order valence-electron chi connectivity index (χ4n) is 4.67. The molecule has 2 fully saturated rings. The van der Waals surface area contributed by atoms with Gasteiger partial charge in [0.05, 0.1) is 12.6 Å². The zero-order valence-corrected chi connectivity index (χ0v) is 18.7. The lowest BCUT2D eigenvalue weighted by molar-refractivity contribution is -0.192. The minimum absolute atomic E-state index is 0.209.